The fraction of sp³-hybridized carbons (Fsp3) is 0.462. The van der Waals surface area contributed by atoms with Gasteiger partial charge < -0.3 is 10.5 Å². The summed E-state index contributed by atoms with van der Waals surface area (Å²) in [6, 6.07) is 3.70. The number of pyridine rings is 1. The molecular weight excluding hydrogens is 200 g/mol. The van der Waals surface area contributed by atoms with E-state index in [4.69, 9.17) is 10.5 Å². The van der Waals surface area contributed by atoms with Crippen molar-refractivity contribution in [3.8, 4) is 5.88 Å². The zero-order valence-corrected chi connectivity index (χ0v) is 9.91. The van der Waals surface area contributed by atoms with Gasteiger partial charge in [0.25, 0.3) is 0 Å². The van der Waals surface area contributed by atoms with E-state index in [1.165, 1.54) is 19.3 Å². The number of nitrogens with two attached hydrogens (primary N) is 1. The number of hydrogen-bond acceptors (Lipinski definition) is 3. The lowest BCUT2D eigenvalue weighted by Crippen LogP contribution is -2.04. The third-order valence-electron chi connectivity index (χ3n) is 2.35. The van der Waals surface area contributed by atoms with Crippen molar-refractivity contribution in [1.29, 1.82) is 0 Å². The second-order valence-corrected chi connectivity index (χ2v) is 3.79. The lowest BCUT2D eigenvalue weighted by molar-refractivity contribution is 0.293. The number of aromatic nitrogens is 1. The predicted molar refractivity (Wildman–Crippen MR) is 67.1 cm³/mol. The zero-order valence-electron chi connectivity index (χ0n) is 9.91. The van der Waals surface area contributed by atoms with E-state index in [0.717, 1.165) is 12.0 Å². The molecule has 0 radical (unpaired) electrons. The Kier molecular flexibility index (Phi) is 5.40. The summed E-state index contributed by atoms with van der Waals surface area (Å²) >= 11 is 0. The summed E-state index contributed by atoms with van der Waals surface area (Å²) in [6.07, 6.45) is 6.44. The van der Waals surface area contributed by atoms with E-state index in [2.05, 4.69) is 18.5 Å². The highest BCUT2D eigenvalue weighted by atomic mass is 16.5. The van der Waals surface area contributed by atoms with Crippen molar-refractivity contribution in [2.75, 3.05) is 6.61 Å². The van der Waals surface area contributed by atoms with Crippen molar-refractivity contribution >= 4 is 5.70 Å². The molecule has 0 amide bonds. The normalized spacial score (nSPS) is 10.1. The van der Waals surface area contributed by atoms with Gasteiger partial charge in [-0.3, -0.25) is 0 Å². The van der Waals surface area contributed by atoms with Gasteiger partial charge in [0.1, 0.15) is 0 Å². The molecule has 3 nitrogen and oxygen atoms in total. The first-order valence-electron chi connectivity index (χ1n) is 5.78. The summed E-state index contributed by atoms with van der Waals surface area (Å²) in [6.45, 7) is 6.58. The van der Waals surface area contributed by atoms with Crippen LogP contribution in [0.4, 0.5) is 0 Å². The van der Waals surface area contributed by atoms with Crippen molar-refractivity contribution in [2.45, 2.75) is 32.6 Å². The Balaban J connectivity index is 2.44. The first-order chi connectivity index (χ1) is 7.75. The van der Waals surface area contributed by atoms with Crippen LogP contribution >= 0.6 is 0 Å². The molecule has 1 aromatic rings. The van der Waals surface area contributed by atoms with Crippen LogP contribution in [0.1, 0.15) is 38.2 Å². The van der Waals surface area contributed by atoms with E-state index in [0.29, 0.717) is 18.2 Å². The summed E-state index contributed by atoms with van der Waals surface area (Å²) in [5.74, 6) is 0.589. The van der Waals surface area contributed by atoms with Gasteiger partial charge in [0.05, 0.1) is 12.2 Å². The van der Waals surface area contributed by atoms with Gasteiger partial charge in [-0.1, -0.05) is 32.8 Å². The molecule has 0 bridgehead atoms. The minimum atomic E-state index is 0.497. The van der Waals surface area contributed by atoms with Gasteiger partial charge in [-0.15, -0.1) is 0 Å². The van der Waals surface area contributed by atoms with Crippen molar-refractivity contribution < 1.29 is 4.74 Å². The van der Waals surface area contributed by atoms with Crippen LogP contribution in [-0.2, 0) is 0 Å². The fourth-order valence-corrected chi connectivity index (χ4v) is 1.45. The molecule has 0 aromatic carbocycles. The maximum atomic E-state index is 5.65. The molecule has 1 aromatic heterocycles. The quantitative estimate of drug-likeness (QED) is 0.719. The zero-order chi connectivity index (χ0) is 11.8. The van der Waals surface area contributed by atoms with Gasteiger partial charge >= 0.3 is 0 Å². The second-order valence-electron chi connectivity index (χ2n) is 3.79. The maximum Gasteiger partial charge on any atom is 0.222 e. The van der Waals surface area contributed by atoms with E-state index >= 15 is 0 Å². The first kappa shape index (κ1) is 12.6. The summed E-state index contributed by atoms with van der Waals surface area (Å²) in [4.78, 5) is 4.15. The highest BCUT2D eigenvalue weighted by Crippen LogP contribution is 2.19. The molecule has 0 aliphatic rings. The predicted octanol–water partition coefficient (Wildman–Crippen LogP) is 2.97. The number of nitrogens with zero attached hydrogens (tertiary/aromatic N) is 1. The van der Waals surface area contributed by atoms with Crippen LogP contribution in [0.25, 0.3) is 5.70 Å². The lowest BCUT2D eigenvalue weighted by atomic mass is 10.2. The van der Waals surface area contributed by atoms with Crippen molar-refractivity contribution in [3.63, 3.8) is 0 Å². The monoisotopic (exact) mass is 220 g/mol. The third-order valence-corrected chi connectivity index (χ3v) is 2.35. The Labute approximate surface area is 97.3 Å². The van der Waals surface area contributed by atoms with Gasteiger partial charge in [0.2, 0.25) is 5.88 Å². The Bertz CT molecular complexity index is 336. The highest BCUT2D eigenvalue weighted by molar-refractivity contribution is 5.64. The Hall–Kier alpha value is -1.51. The SMILES string of the molecule is C=C(N)c1cccnc1OCCCCCC. The van der Waals surface area contributed by atoms with Gasteiger partial charge in [0.15, 0.2) is 0 Å². The molecule has 2 N–H and O–H groups in total. The van der Waals surface area contributed by atoms with E-state index in [-0.39, 0.29) is 0 Å². The molecule has 0 saturated heterocycles. The van der Waals surface area contributed by atoms with Crippen molar-refractivity contribution in [1.82, 2.24) is 4.98 Å². The molecule has 0 fully saturated rings. The summed E-state index contributed by atoms with van der Waals surface area (Å²) in [7, 11) is 0. The minimum Gasteiger partial charge on any atom is -0.477 e. The van der Waals surface area contributed by atoms with Crippen molar-refractivity contribution in [2.24, 2.45) is 5.73 Å². The van der Waals surface area contributed by atoms with Crippen LogP contribution in [0.15, 0.2) is 24.9 Å². The molecule has 0 atom stereocenters. The lowest BCUT2D eigenvalue weighted by Gasteiger charge is -2.09. The summed E-state index contributed by atoms with van der Waals surface area (Å²) in [5.41, 5.74) is 6.94. The average Bonchev–Trinajstić information content (AvgIpc) is 2.29. The molecule has 88 valence electrons. The Morgan fingerprint density at radius 2 is 2.25 bits per heavy atom. The van der Waals surface area contributed by atoms with Gasteiger partial charge in [0, 0.05) is 11.9 Å². The van der Waals surface area contributed by atoms with Crippen LogP contribution in [-0.4, -0.2) is 11.6 Å². The molecule has 0 unspecified atom stereocenters. The van der Waals surface area contributed by atoms with Gasteiger partial charge in [-0.25, -0.2) is 4.98 Å². The first-order valence-corrected chi connectivity index (χ1v) is 5.78. The number of unbranched alkanes of at least 4 members (excludes halogenated alkanes) is 3. The van der Waals surface area contributed by atoms with Crippen LogP contribution in [0.5, 0.6) is 5.88 Å². The van der Waals surface area contributed by atoms with E-state index in [1.54, 1.807) is 6.20 Å². The summed E-state index contributed by atoms with van der Waals surface area (Å²) < 4.78 is 5.59. The third kappa shape index (κ3) is 3.93. The van der Waals surface area contributed by atoms with Crippen molar-refractivity contribution in [3.05, 3.63) is 30.5 Å². The largest absolute Gasteiger partial charge is 0.477 e. The molecule has 16 heavy (non-hydrogen) atoms. The molecule has 0 aliphatic carbocycles. The van der Waals surface area contributed by atoms with Crippen LogP contribution in [0.2, 0.25) is 0 Å². The molecular formula is C13H20N2O. The van der Waals surface area contributed by atoms with Gasteiger partial charge in [-0.2, -0.15) is 0 Å². The van der Waals surface area contributed by atoms with Crippen LogP contribution in [0.3, 0.4) is 0 Å². The van der Waals surface area contributed by atoms with Crippen LogP contribution in [0, 0.1) is 0 Å². The highest BCUT2D eigenvalue weighted by Gasteiger charge is 2.04. The summed E-state index contributed by atoms with van der Waals surface area (Å²) in [5, 5.41) is 0. The molecule has 1 rings (SSSR count). The molecule has 1 heterocycles. The van der Waals surface area contributed by atoms with E-state index in [1.807, 2.05) is 12.1 Å². The number of ether oxygens (including phenoxy) is 1. The van der Waals surface area contributed by atoms with Gasteiger partial charge in [-0.05, 0) is 18.6 Å². The van der Waals surface area contributed by atoms with Crippen LogP contribution < -0.4 is 10.5 Å². The fourth-order valence-electron chi connectivity index (χ4n) is 1.45. The molecule has 0 aliphatic heterocycles. The Morgan fingerprint density at radius 1 is 1.44 bits per heavy atom. The number of hydrogen-bond donors (Lipinski definition) is 1. The van der Waals surface area contributed by atoms with E-state index < -0.39 is 0 Å². The topological polar surface area (TPSA) is 48.1 Å². The molecule has 0 saturated carbocycles. The number of rotatable bonds is 7. The molecule has 0 spiro atoms. The maximum absolute atomic E-state index is 5.65. The smallest absolute Gasteiger partial charge is 0.222 e. The standard InChI is InChI=1S/C13H20N2O/c1-3-4-5-6-10-16-13-12(11(2)14)8-7-9-15-13/h7-9H,2-6,10,14H2,1H3. The second kappa shape index (κ2) is 6.88. The Morgan fingerprint density at radius 3 is 2.94 bits per heavy atom. The average molecular weight is 220 g/mol. The molecule has 3 heteroatoms. The minimum absolute atomic E-state index is 0.497. The van der Waals surface area contributed by atoms with E-state index in [9.17, 15) is 0 Å².